The first-order chi connectivity index (χ1) is 16.1. The van der Waals surface area contributed by atoms with Crippen LogP contribution in [0.5, 0.6) is 0 Å². The summed E-state index contributed by atoms with van der Waals surface area (Å²) in [4.78, 5) is 13.1. The van der Waals surface area contributed by atoms with E-state index in [1.165, 1.54) is 24.5 Å². The van der Waals surface area contributed by atoms with Gasteiger partial charge in [-0.2, -0.15) is 4.39 Å². The number of hydrogen-bond acceptors (Lipinski definition) is 3. The van der Waals surface area contributed by atoms with Gasteiger partial charge in [0.05, 0.1) is 10.6 Å². The van der Waals surface area contributed by atoms with Gasteiger partial charge in [-0.05, 0) is 53.5 Å². The second kappa shape index (κ2) is 9.20. The molecule has 0 radical (unpaired) electrons. The molecule has 5 heteroatoms. The van der Waals surface area contributed by atoms with Crippen LogP contribution in [0.3, 0.4) is 0 Å². The summed E-state index contributed by atoms with van der Waals surface area (Å²) in [6.45, 7) is 1.81. The Labute approximate surface area is 196 Å². The molecule has 0 bridgehead atoms. The monoisotopic (exact) mass is 457 g/mol. The van der Waals surface area contributed by atoms with E-state index in [0.29, 0.717) is 10.6 Å². The van der Waals surface area contributed by atoms with Gasteiger partial charge < -0.3 is 4.74 Å². The van der Waals surface area contributed by atoms with Crippen LogP contribution in [-0.4, -0.2) is 6.09 Å². The highest BCUT2D eigenvalue weighted by atomic mass is 32.1. The standard InChI is InChI=1S/C28H24FNO2S/c1-18(19-5-3-2-4-6-19)32-28(31)30-25-17-26(29)33-27(25)24-15-13-23(14-16-24)22-11-9-21(10-12-22)20-7-8-20/h2-6,9-18,20H,7-8H2,1H3,(H,30,31). The quantitative estimate of drug-likeness (QED) is 0.316. The smallest absolute Gasteiger partial charge is 0.412 e. The Balaban J connectivity index is 1.30. The third kappa shape index (κ3) is 4.99. The summed E-state index contributed by atoms with van der Waals surface area (Å²) in [6.07, 6.45) is 1.56. The van der Waals surface area contributed by atoms with E-state index < -0.39 is 12.2 Å². The molecule has 1 fully saturated rings. The van der Waals surface area contributed by atoms with Crippen molar-refractivity contribution < 1.29 is 13.9 Å². The van der Waals surface area contributed by atoms with Gasteiger partial charge in [-0.15, -0.1) is 11.3 Å². The Bertz CT molecular complexity index is 1250. The molecule has 1 amide bonds. The molecule has 1 heterocycles. The van der Waals surface area contributed by atoms with Crippen molar-refractivity contribution in [3.8, 4) is 21.6 Å². The van der Waals surface area contributed by atoms with Gasteiger partial charge in [-0.1, -0.05) is 78.9 Å². The van der Waals surface area contributed by atoms with Crippen molar-refractivity contribution in [3.05, 3.63) is 101 Å². The molecule has 0 saturated heterocycles. The van der Waals surface area contributed by atoms with Crippen LogP contribution in [0, 0.1) is 5.13 Å². The zero-order valence-corrected chi connectivity index (χ0v) is 19.1. The molecule has 1 unspecified atom stereocenters. The van der Waals surface area contributed by atoms with E-state index in [4.69, 9.17) is 4.74 Å². The van der Waals surface area contributed by atoms with E-state index in [1.54, 1.807) is 6.92 Å². The van der Waals surface area contributed by atoms with Crippen LogP contribution in [0.2, 0.25) is 0 Å². The Morgan fingerprint density at radius 3 is 2.18 bits per heavy atom. The molecule has 1 aromatic heterocycles. The summed E-state index contributed by atoms with van der Waals surface area (Å²) in [7, 11) is 0. The van der Waals surface area contributed by atoms with Crippen LogP contribution in [0.1, 0.15) is 42.9 Å². The molecule has 1 saturated carbocycles. The molecule has 33 heavy (non-hydrogen) atoms. The van der Waals surface area contributed by atoms with Crippen LogP contribution < -0.4 is 5.32 Å². The molecule has 166 valence electrons. The van der Waals surface area contributed by atoms with Crippen molar-refractivity contribution in [2.45, 2.75) is 31.8 Å². The number of hydrogen-bond donors (Lipinski definition) is 1. The van der Waals surface area contributed by atoms with Gasteiger partial charge in [-0.3, -0.25) is 5.32 Å². The summed E-state index contributed by atoms with van der Waals surface area (Å²) in [5, 5.41) is 2.34. The van der Waals surface area contributed by atoms with Crippen LogP contribution in [0.4, 0.5) is 14.9 Å². The molecule has 3 nitrogen and oxygen atoms in total. The highest BCUT2D eigenvalue weighted by Crippen LogP contribution is 2.41. The molecule has 1 aliphatic carbocycles. The molecular formula is C28H24FNO2S. The molecule has 3 aromatic carbocycles. The average Bonchev–Trinajstić information content (AvgIpc) is 3.63. The fourth-order valence-corrected chi connectivity index (χ4v) is 4.78. The van der Waals surface area contributed by atoms with Crippen LogP contribution in [-0.2, 0) is 4.74 Å². The summed E-state index contributed by atoms with van der Waals surface area (Å²) in [6, 6.07) is 27.5. The van der Waals surface area contributed by atoms with Gasteiger partial charge in [-0.25, -0.2) is 4.79 Å². The van der Waals surface area contributed by atoms with E-state index >= 15 is 0 Å². The maximum Gasteiger partial charge on any atom is 0.412 e. The number of rotatable bonds is 6. The van der Waals surface area contributed by atoms with E-state index in [1.807, 2.05) is 54.6 Å². The number of benzene rings is 3. The maximum atomic E-state index is 14.1. The number of nitrogens with one attached hydrogen (secondary N) is 1. The third-order valence-electron chi connectivity index (χ3n) is 5.93. The fraction of sp³-hybridized carbons (Fsp3) is 0.179. The Morgan fingerprint density at radius 1 is 0.939 bits per heavy atom. The number of anilines is 1. The zero-order chi connectivity index (χ0) is 22.8. The zero-order valence-electron chi connectivity index (χ0n) is 18.3. The van der Waals surface area contributed by atoms with E-state index in [0.717, 1.165) is 39.5 Å². The Hall–Kier alpha value is -3.44. The molecule has 0 spiro atoms. The minimum Gasteiger partial charge on any atom is -0.441 e. The summed E-state index contributed by atoms with van der Waals surface area (Å²) >= 11 is 1.00. The molecule has 1 atom stereocenters. The number of carbonyl (C=O) groups is 1. The topological polar surface area (TPSA) is 38.3 Å². The number of halogens is 1. The molecule has 5 rings (SSSR count). The van der Waals surface area contributed by atoms with Crippen molar-refractivity contribution in [2.75, 3.05) is 5.32 Å². The van der Waals surface area contributed by atoms with E-state index in [2.05, 4.69) is 29.6 Å². The summed E-state index contributed by atoms with van der Waals surface area (Å²) < 4.78 is 19.6. The Morgan fingerprint density at radius 2 is 1.55 bits per heavy atom. The largest absolute Gasteiger partial charge is 0.441 e. The predicted molar refractivity (Wildman–Crippen MR) is 132 cm³/mol. The van der Waals surface area contributed by atoms with Crippen molar-refractivity contribution in [1.82, 2.24) is 0 Å². The third-order valence-corrected chi connectivity index (χ3v) is 6.90. The SMILES string of the molecule is CC(OC(=O)Nc1cc(F)sc1-c1ccc(-c2ccc(C3CC3)cc2)cc1)c1ccccc1. The predicted octanol–water partition coefficient (Wildman–Crippen LogP) is 8.41. The van der Waals surface area contributed by atoms with Crippen molar-refractivity contribution in [2.24, 2.45) is 0 Å². The van der Waals surface area contributed by atoms with E-state index in [9.17, 15) is 9.18 Å². The maximum absolute atomic E-state index is 14.1. The normalized spacial score (nSPS) is 14.0. The van der Waals surface area contributed by atoms with Gasteiger partial charge in [0.2, 0.25) is 0 Å². The number of thiophene rings is 1. The first kappa shape index (κ1) is 21.4. The van der Waals surface area contributed by atoms with Crippen molar-refractivity contribution in [3.63, 3.8) is 0 Å². The fourth-order valence-electron chi connectivity index (χ4n) is 3.94. The lowest BCUT2D eigenvalue weighted by Crippen LogP contribution is -2.16. The highest BCUT2D eigenvalue weighted by Gasteiger charge is 2.23. The average molecular weight is 458 g/mol. The molecule has 1 N–H and O–H groups in total. The second-order valence-corrected chi connectivity index (χ2v) is 9.35. The highest BCUT2D eigenvalue weighted by molar-refractivity contribution is 7.14. The minimum atomic E-state index is -0.613. The lowest BCUT2D eigenvalue weighted by atomic mass is 10.0. The molecule has 4 aromatic rings. The lowest BCUT2D eigenvalue weighted by molar-refractivity contribution is 0.121. The van der Waals surface area contributed by atoms with Crippen LogP contribution in [0.15, 0.2) is 84.9 Å². The number of ether oxygens (including phenoxy) is 1. The first-order valence-corrected chi connectivity index (χ1v) is 11.9. The second-order valence-electron chi connectivity index (χ2n) is 8.35. The van der Waals surface area contributed by atoms with Gasteiger partial charge >= 0.3 is 6.09 Å². The van der Waals surface area contributed by atoms with E-state index in [-0.39, 0.29) is 5.13 Å². The molecule has 0 aliphatic heterocycles. The minimum absolute atomic E-state index is 0.365. The Kier molecular flexibility index (Phi) is 5.97. The lowest BCUT2D eigenvalue weighted by Gasteiger charge is -2.14. The summed E-state index contributed by atoms with van der Waals surface area (Å²) in [5.74, 6) is 0.739. The van der Waals surface area contributed by atoms with Crippen molar-refractivity contribution >= 4 is 23.1 Å². The molecular weight excluding hydrogens is 433 g/mol. The van der Waals surface area contributed by atoms with Crippen LogP contribution in [0.25, 0.3) is 21.6 Å². The van der Waals surface area contributed by atoms with Gasteiger partial charge in [0, 0.05) is 6.07 Å². The molecule has 1 aliphatic rings. The number of carbonyl (C=O) groups excluding carboxylic acids is 1. The van der Waals surface area contributed by atoms with Gasteiger partial charge in [0.15, 0.2) is 5.13 Å². The van der Waals surface area contributed by atoms with Gasteiger partial charge in [0.1, 0.15) is 6.10 Å². The summed E-state index contributed by atoms with van der Waals surface area (Å²) in [5.41, 5.74) is 5.81. The van der Waals surface area contributed by atoms with Crippen LogP contribution >= 0.6 is 11.3 Å². The first-order valence-electron chi connectivity index (χ1n) is 11.1. The number of amides is 1. The van der Waals surface area contributed by atoms with Gasteiger partial charge in [0.25, 0.3) is 0 Å². The van der Waals surface area contributed by atoms with Crippen molar-refractivity contribution in [1.29, 1.82) is 0 Å².